The van der Waals surface area contributed by atoms with E-state index < -0.39 is 22.9 Å². The van der Waals surface area contributed by atoms with Gasteiger partial charge in [0.05, 0.1) is 5.69 Å². The van der Waals surface area contributed by atoms with Crippen LogP contribution in [-0.4, -0.2) is 16.1 Å². The zero-order chi connectivity index (χ0) is 13.3. The molecule has 0 atom stereocenters. The molecule has 2 aromatic rings. The van der Waals surface area contributed by atoms with Crippen molar-refractivity contribution in [3.05, 3.63) is 56.5 Å². The van der Waals surface area contributed by atoms with Gasteiger partial charge in [-0.25, -0.2) is 9.18 Å². The highest BCUT2D eigenvalue weighted by Crippen LogP contribution is 2.27. The fraction of sp³-hybridized carbons (Fsp3) is 0. The number of benzene rings is 1. The molecule has 6 heteroatoms. The van der Waals surface area contributed by atoms with Gasteiger partial charge < -0.3 is 10.1 Å². The number of H-pyrrole nitrogens is 1. The van der Waals surface area contributed by atoms with Gasteiger partial charge >= 0.3 is 5.97 Å². The van der Waals surface area contributed by atoms with E-state index in [9.17, 15) is 14.0 Å². The molecule has 0 saturated heterocycles. The number of halogens is 2. The Labute approximate surface area is 109 Å². The van der Waals surface area contributed by atoms with Gasteiger partial charge in [0, 0.05) is 10.0 Å². The minimum atomic E-state index is -1.34. The lowest BCUT2D eigenvalue weighted by atomic mass is 10.1. The Morgan fingerprint density at radius 1 is 1.33 bits per heavy atom. The van der Waals surface area contributed by atoms with Crippen molar-refractivity contribution in [2.24, 2.45) is 0 Å². The van der Waals surface area contributed by atoms with E-state index in [4.69, 9.17) is 5.11 Å². The van der Waals surface area contributed by atoms with Crippen molar-refractivity contribution in [2.75, 3.05) is 0 Å². The molecule has 0 aliphatic heterocycles. The average molecular weight is 312 g/mol. The Kier molecular flexibility index (Phi) is 3.29. The lowest BCUT2D eigenvalue weighted by Crippen LogP contribution is -2.18. The number of carboxylic acids is 1. The molecule has 18 heavy (non-hydrogen) atoms. The third-order valence-corrected chi connectivity index (χ3v) is 2.99. The largest absolute Gasteiger partial charge is 0.477 e. The average Bonchev–Trinajstić information content (AvgIpc) is 2.32. The van der Waals surface area contributed by atoms with Crippen LogP contribution >= 0.6 is 15.9 Å². The van der Waals surface area contributed by atoms with Gasteiger partial charge in [-0.3, -0.25) is 4.79 Å². The number of aromatic amines is 1. The monoisotopic (exact) mass is 311 g/mol. The van der Waals surface area contributed by atoms with E-state index in [1.165, 1.54) is 18.2 Å². The third-order valence-electron chi connectivity index (χ3n) is 2.37. The zero-order valence-electron chi connectivity index (χ0n) is 8.91. The maximum Gasteiger partial charge on any atom is 0.341 e. The number of rotatable bonds is 2. The lowest BCUT2D eigenvalue weighted by molar-refractivity contribution is 0.0695. The van der Waals surface area contributed by atoms with Gasteiger partial charge in [0.15, 0.2) is 0 Å². The second-order valence-electron chi connectivity index (χ2n) is 3.52. The highest BCUT2D eigenvalue weighted by Gasteiger charge is 2.15. The van der Waals surface area contributed by atoms with Crippen molar-refractivity contribution in [1.29, 1.82) is 0 Å². The fourth-order valence-corrected chi connectivity index (χ4v) is 2.07. The maximum atomic E-state index is 13.6. The molecule has 0 aliphatic rings. The number of aromatic carboxylic acids is 1. The standard InChI is InChI=1S/C12H7BrFNO3/c13-8-5-7(12(17)18)11(16)15-10(8)6-3-1-2-4-9(6)14/h1-5H,(H,15,16)(H,17,18). The van der Waals surface area contributed by atoms with Gasteiger partial charge in [0.25, 0.3) is 5.56 Å². The minimum absolute atomic E-state index is 0.193. The second-order valence-corrected chi connectivity index (χ2v) is 4.37. The smallest absolute Gasteiger partial charge is 0.341 e. The van der Waals surface area contributed by atoms with E-state index in [2.05, 4.69) is 20.9 Å². The molecule has 0 amide bonds. The number of hydrogen-bond donors (Lipinski definition) is 2. The van der Waals surface area contributed by atoms with Crippen LogP contribution in [0.25, 0.3) is 11.3 Å². The van der Waals surface area contributed by atoms with Gasteiger partial charge in [0.2, 0.25) is 0 Å². The van der Waals surface area contributed by atoms with Crippen LogP contribution in [0.5, 0.6) is 0 Å². The fourth-order valence-electron chi connectivity index (χ4n) is 1.52. The summed E-state index contributed by atoms with van der Waals surface area (Å²) in [6.45, 7) is 0. The molecule has 2 rings (SSSR count). The summed E-state index contributed by atoms with van der Waals surface area (Å²) in [7, 11) is 0. The summed E-state index contributed by atoms with van der Waals surface area (Å²) in [5.74, 6) is -1.84. The number of pyridine rings is 1. The van der Waals surface area contributed by atoms with E-state index in [1.807, 2.05) is 0 Å². The SMILES string of the molecule is O=C(O)c1cc(Br)c(-c2ccccc2F)[nH]c1=O. The lowest BCUT2D eigenvalue weighted by Gasteiger charge is -2.06. The van der Waals surface area contributed by atoms with Gasteiger partial charge in [-0.15, -0.1) is 0 Å². The molecule has 1 aromatic carbocycles. The molecular weight excluding hydrogens is 305 g/mol. The highest BCUT2D eigenvalue weighted by atomic mass is 79.9. The molecule has 1 heterocycles. The normalized spacial score (nSPS) is 10.3. The molecule has 0 fully saturated rings. The predicted molar refractivity (Wildman–Crippen MR) is 67.1 cm³/mol. The Morgan fingerprint density at radius 3 is 2.61 bits per heavy atom. The summed E-state index contributed by atoms with van der Waals surface area (Å²) < 4.78 is 13.9. The number of carboxylic acid groups (broad SMARTS) is 1. The summed E-state index contributed by atoms with van der Waals surface area (Å²) in [5, 5.41) is 8.79. The van der Waals surface area contributed by atoms with Crippen LogP contribution < -0.4 is 5.56 Å². The number of aromatic nitrogens is 1. The van der Waals surface area contributed by atoms with E-state index in [-0.39, 0.29) is 11.3 Å². The molecule has 0 unspecified atom stereocenters. The Morgan fingerprint density at radius 2 is 2.00 bits per heavy atom. The molecule has 0 spiro atoms. The number of hydrogen-bond acceptors (Lipinski definition) is 2. The third kappa shape index (κ3) is 2.19. The van der Waals surface area contributed by atoms with E-state index in [0.29, 0.717) is 4.47 Å². The topological polar surface area (TPSA) is 70.2 Å². The quantitative estimate of drug-likeness (QED) is 0.895. The van der Waals surface area contributed by atoms with Crippen molar-refractivity contribution >= 4 is 21.9 Å². The van der Waals surface area contributed by atoms with Gasteiger partial charge in [-0.2, -0.15) is 0 Å². The minimum Gasteiger partial charge on any atom is -0.477 e. The summed E-state index contributed by atoms with van der Waals surface area (Å²) in [6, 6.07) is 7.05. The van der Waals surface area contributed by atoms with Crippen LogP contribution in [0.2, 0.25) is 0 Å². The van der Waals surface area contributed by atoms with Gasteiger partial charge in [-0.05, 0) is 34.1 Å². The molecule has 1 aromatic heterocycles. The molecule has 0 aliphatic carbocycles. The van der Waals surface area contributed by atoms with Gasteiger partial charge in [0.1, 0.15) is 11.4 Å². The Balaban J connectivity index is 2.68. The molecule has 0 radical (unpaired) electrons. The summed E-state index contributed by atoms with van der Waals surface area (Å²) in [5.41, 5.74) is -0.771. The summed E-state index contributed by atoms with van der Waals surface area (Å²) in [6.07, 6.45) is 0. The zero-order valence-corrected chi connectivity index (χ0v) is 10.5. The molecule has 2 N–H and O–H groups in total. The van der Waals surface area contributed by atoms with Crippen molar-refractivity contribution < 1.29 is 14.3 Å². The first kappa shape index (κ1) is 12.5. The molecule has 0 saturated carbocycles. The molecule has 0 bridgehead atoms. The number of nitrogens with one attached hydrogen (secondary N) is 1. The first-order valence-electron chi connectivity index (χ1n) is 4.91. The number of carbonyl (C=O) groups is 1. The van der Waals surface area contributed by atoms with Crippen LogP contribution in [-0.2, 0) is 0 Å². The Bertz CT molecular complexity index is 681. The van der Waals surface area contributed by atoms with E-state index in [1.54, 1.807) is 6.07 Å². The second kappa shape index (κ2) is 4.73. The van der Waals surface area contributed by atoms with E-state index >= 15 is 0 Å². The summed E-state index contributed by atoms with van der Waals surface area (Å²) >= 11 is 3.12. The van der Waals surface area contributed by atoms with Crippen LogP contribution in [0.4, 0.5) is 4.39 Å². The highest BCUT2D eigenvalue weighted by molar-refractivity contribution is 9.10. The summed E-state index contributed by atoms with van der Waals surface area (Å²) in [4.78, 5) is 24.7. The van der Waals surface area contributed by atoms with Crippen LogP contribution in [0.3, 0.4) is 0 Å². The van der Waals surface area contributed by atoms with Crippen LogP contribution in [0.1, 0.15) is 10.4 Å². The predicted octanol–water partition coefficient (Wildman–Crippen LogP) is 2.64. The first-order chi connectivity index (χ1) is 8.50. The van der Waals surface area contributed by atoms with Crippen molar-refractivity contribution in [3.8, 4) is 11.3 Å². The van der Waals surface area contributed by atoms with Crippen molar-refractivity contribution in [3.63, 3.8) is 0 Å². The first-order valence-corrected chi connectivity index (χ1v) is 5.71. The van der Waals surface area contributed by atoms with Crippen molar-refractivity contribution in [1.82, 2.24) is 4.98 Å². The van der Waals surface area contributed by atoms with E-state index in [0.717, 1.165) is 6.07 Å². The molecule has 92 valence electrons. The van der Waals surface area contributed by atoms with Crippen LogP contribution in [0.15, 0.2) is 39.6 Å². The molecular formula is C12H7BrFNO3. The molecule has 4 nitrogen and oxygen atoms in total. The van der Waals surface area contributed by atoms with Crippen molar-refractivity contribution in [2.45, 2.75) is 0 Å². The van der Waals surface area contributed by atoms with Crippen LogP contribution in [0, 0.1) is 5.82 Å². The Hall–Kier alpha value is -1.95. The van der Waals surface area contributed by atoms with Gasteiger partial charge in [-0.1, -0.05) is 12.1 Å². The maximum absolute atomic E-state index is 13.6.